The standard InChI is InChI=1S/C32H42F2N4O7/c1-17-24-15-38(25(17)18(2)39)29(40)27(31(3,4)5)37-30(41)45-23-9-7-8-19(23)12-13-43-16-32(33,34)26-28(44-24)36-22-14-20(42-6)10-11-21(22)35-26/h10-11,14,17,19,23-25,27H,7-9,12-13,15-16H2,1-6H3,(H,37,41)/t17-,19+,23-,24+,25+,27-/m1/s1. The van der Waals surface area contributed by atoms with Gasteiger partial charge in [-0.25, -0.2) is 14.8 Å². The summed E-state index contributed by atoms with van der Waals surface area (Å²) in [5.41, 5.74) is -0.954. The van der Waals surface area contributed by atoms with Crippen molar-refractivity contribution in [3.8, 4) is 11.6 Å². The summed E-state index contributed by atoms with van der Waals surface area (Å²) in [6, 6.07) is 2.74. The molecule has 3 heterocycles. The van der Waals surface area contributed by atoms with Gasteiger partial charge in [-0.3, -0.25) is 9.59 Å². The molecule has 1 saturated heterocycles. The van der Waals surface area contributed by atoms with Gasteiger partial charge in [-0.05, 0) is 56.1 Å². The zero-order valence-corrected chi connectivity index (χ0v) is 26.6. The highest BCUT2D eigenvalue weighted by Crippen LogP contribution is 2.39. The minimum atomic E-state index is -3.58. The Balaban J connectivity index is 1.58. The lowest BCUT2D eigenvalue weighted by Gasteiger charge is -2.35. The van der Waals surface area contributed by atoms with Gasteiger partial charge < -0.3 is 29.2 Å². The number of amides is 2. The van der Waals surface area contributed by atoms with Gasteiger partial charge in [0.25, 0.3) is 0 Å². The maximum Gasteiger partial charge on any atom is 0.408 e. The van der Waals surface area contributed by atoms with E-state index in [1.54, 1.807) is 39.8 Å². The second kappa shape index (κ2) is 12.6. The van der Waals surface area contributed by atoms with Crippen molar-refractivity contribution >= 4 is 28.8 Å². The number of nitrogens with one attached hydrogen (secondary N) is 1. The van der Waals surface area contributed by atoms with E-state index in [0.29, 0.717) is 18.6 Å². The maximum atomic E-state index is 15.9. The van der Waals surface area contributed by atoms with Crippen molar-refractivity contribution in [1.82, 2.24) is 20.2 Å². The fourth-order valence-corrected chi connectivity index (χ4v) is 6.63. The fraction of sp³-hybridized carbons (Fsp3) is 0.656. The first-order chi connectivity index (χ1) is 21.2. The molecule has 45 heavy (non-hydrogen) atoms. The molecule has 3 aliphatic rings. The van der Waals surface area contributed by atoms with Gasteiger partial charge in [0, 0.05) is 18.6 Å². The molecule has 1 saturated carbocycles. The number of hydrogen-bond acceptors (Lipinski definition) is 9. The Morgan fingerprint density at radius 2 is 1.84 bits per heavy atom. The average molecular weight is 633 g/mol. The van der Waals surface area contributed by atoms with Gasteiger partial charge in [0.2, 0.25) is 11.8 Å². The molecule has 0 spiro atoms. The number of aromatic nitrogens is 2. The van der Waals surface area contributed by atoms with Crippen molar-refractivity contribution in [2.45, 2.75) is 90.5 Å². The third-order valence-electron chi connectivity index (χ3n) is 9.08. The van der Waals surface area contributed by atoms with Gasteiger partial charge in [0.15, 0.2) is 11.5 Å². The minimum absolute atomic E-state index is 0.0220. The molecule has 11 nitrogen and oxygen atoms in total. The molecule has 1 aliphatic carbocycles. The van der Waals surface area contributed by atoms with E-state index in [9.17, 15) is 14.4 Å². The summed E-state index contributed by atoms with van der Waals surface area (Å²) in [6.45, 7) is 7.47. The Morgan fingerprint density at radius 1 is 1.09 bits per heavy atom. The normalized spacial score (nSPS) is 29.5. The van der Waals surface area contributed by atoms with Crippen molar-refractivity contribution in [3.63, 3.8) is 0 Å². The number of fused-ring (bicyclic) bond motifs is 5. The van der Waals surface area contributed by atoms with Crippen LogP contribution in [0.15, 0.2) is 18.2 Å². The largest absolute Gasteiger partial charge is 0.497 e. The Kier molecular flexibility index (Phi) is 9.21. The zero-order valence-electron chi connectivity index (χ0n) is 26.6. The lowest BCUT2D eigenvalue weighted by atomic mass is 9.85. The molecule has 2 bridgehead atoms. The number of benzene rings is 1. The molecule has 6 atom stereocenters. The molecule has 5 rings (SSSR count). The summed E-state index contributed by atoms with van der Waals surface area (Å²) in [4.78, 5) is 50.3. The van der Waals surface area contributed by atoms with Gasteiger partial charge in [-0.2, -0.15) is 8.78 Å². The third kappa shape index (κ3) is 6.83. The maximum absolute atomic E-state index is 15.9. The van der Waals surface area contributed by atoms with Crippen LogP contribution in [0.5, 0.6) is 11.6 Å². The van der Waals surface area contributed by atoms with E-state index < -0.39 is 71.7 Å². The van der Waals surface area contributed by atoms with Gasteiger partial charge >= 0.3 is 12.0 Å². The van der Waals surface area contributed by atoms with E-state index in [1.807, 2.05) is 0 Å². The van der Waals surface area contributed by atoms with Crippen molar-refractivity contribution in [1.29, 1.82) is 0 Å². The number of rotatable bonds is 2. The second-order valence-corrected chi connectivity index (χ2v) is 13.4. The summed E-state index contributed by atoms with van der Waals surface area (Å²) in [5.74, 6) is -5.00. The number of methoxy groups -OCH3 is 1. The van der Waals surface area contributed by atoms with Gasteiger partial charge in [-0.1, -0.05) is 27.7 Å². The first kappa shape index (κ1) is 32.8. The molecule has 1 aromatic heterocycles. The SMILES string of the molecule is COc1ccc2nc3c(nc2c1)O[C@H]1CN(C(=O)[C@H](C(C)(C)C)NC(=O)O[C@@H]2CCC[C@H]2CCOCC3(F)F)[C@H](C(C)=O)[C@@H]1C. The van der Waals surface area contributed by atoms with Crippen molar-refractivity contribution in [3.05, 3.63) is 23.9 Å². The fourth-order valence-electron chi connectivity index (χ4n) is 6.63. The third-order valence-corrected chi connectivity index (χ3v) is 9.08. The topological polar surface area (TPSA) is 129 Å². The van der Waals surface area contributed by atoms with Crippen LogP contribution in [0.4, 0.5) is 13.6 Å². The number of hydrogen-bond donors (Lipinski definition) is 1. The second-order valence-electron chi connectivity index (χ2n) is 13.4. The van der Waals surface area contributed by atoms with Crippen LogP contribution in [-0.4, -0.2) is 83.8 Å². The molecule has 1 aromatic carbocycles. The average Bonchev–Trinajstić information content (AvgIpc) is 3.55. The van der Waals surface area contributed by atoms with Crippen molar-refractivity contribution in [2.24, 2.45) is 17.3 Å². The summed E-state index contributed by atoms with van der Waals surface area (Å²) < 4.78 is 54.5. The summed E-state index contributed by atoms with van der Waals surface area (Å²) >= 11 is 0. The summed E-state index contributed by atoms with van der Waals surface area (Å²) in [7, 11) is 1.48. The van der Waals surface area contributed by atoms with Crippen LogP contribution in [0.3, 0.4) is 0 Å². The van der Waals surface area contributed by atoms with Crippen LogP contribution in [0.1, 0.15) is 66.0 Å². The predicted molar refractivity (Wildman–Crippen MR) is 159 cm³/mol. The zero-order chi connectivity index (χ0) is 32.7. The number of carbonyl (C=O) groups excluding carboxylic acids is 3. The smallest absolute Gasteiger partial charge is 0.408 e. The molecule has 2 aromatic rings. The molecule has 2 aliphatic heterocycles. The number of carbonyl (C=O) groups is 3. The van der Waals surface area contributed by atoms with Crippen LogP contribution in [-0.2, 0) is 25.0 Å². The number of halogens is 2. The highest BCUT2D eigenvalue weighted by atomic mass is 19.3. The van der Waals surface area contributed by atoms with Gasteiger partial charge in [0.1, 0.15) is 30.6 Å². The van der Waals surface area contributed by atoms with Crippen LogP contribution >= 0.6 is 0 Å². The van der Waals surface area contributed by atoms with E-state index in [4.69, 9.17) is 18.9 Å². The summed E-state index contributed by atoms with van der Waals surface area (Å²) in [6.07, 6.45) is 0.541. The minimum Gasteiger partial charge on any atom is -0.497 e. The molecular weight excluding hydrogens is 590 g/mol. The van der Waals surface area contributed by atoms with Crippen LogP contribution < -0.4 is 14.8 Å². The molecule has 246 valence electrons. The number of nitrogens with zero attached hydrogens (tertiary/aromatic N) is 3. The Hall–Kier alpha value is -3.61. The van der Waals surface area contributed by atoms with Gasteiger partial charge in [-0.15, -0.1) is 0 Å². The molecule has 0 unspecified atom stereocenters. The molecule has 2 fully saturated rings. The number of Topliss-reactive ketones (excluding diaryl/α,β-unsaturated/α-hetero) is 1. The first-order valence-corrected chi connectivity index (χ1v) is 15.5. The number of alkyl carbamates (subject to hydrolysis) is 1. The Morgan fingerprint density at radius 3 is 2.53 bits per heavy atom. The molecule has 1 N–H and O–H groups in total. The molecule has 0 radical (unpaired) electrons. The molecule has 2 amide bonds. The summed E-state index contributed by atoms with van der Waals surface area (Å²) in [5, 5.41) is 2.77. The lowest BCUT2D eigenvalue weighted by molar-refractivity contribution is -0.141. The van der Waals surface area contributed by atoms with E-state index >= 15 is 8.78 Å². The lowest BCUT2D eigenvalue weighted by Crippen LogP contribution is -2.57. The van der Waals surface area contributed by atoms with Crippen LogP contribution in [0.2, 0.25) is 0 Å². The number of ether oxygens (including phenoxy) is 4. The van der Waals surface area contributed by atoms with Crippen LogP contribution in [0, 0.1) is 17.3 Å². The van der Waals surface area contributed by atoms with Crippen LogP contribution in [0.25, 0.3) is 11.0 Å². The Bertz CT molecular complexity index is 1450. The van der Waals surface area contributed by atoms with Crippen molar-refractivity contribution < 1.29 is 42.1 Å². The molecule has 13 heteroatoms. The quantitative estimate of drug-likeness (QED) is 0.503. The molecular formula is C32H42F2N4O7. The monoisotopic (exact) mass is 632 g/mol. The highest BCUT2D eigenvalue weighted by molar-refractivity contribution is 5.92. The van der Waals surface area contributed by atoms with E-state index in [0.717, 1.165) is 12.8 Å². The number of ketones is 1. The van der Waals surface area contributed by atoms with Crippen molar-refractivity contribution in [2.75, 3.05) is 26.9 Å². The Labute approximate surface area is 261 Å². The number of alkyl halides is 2. The predicted octanol–water partition coefficient (Wildman–Crippen LogP) is 4.64. The van der Waals surface area contributed by atoms with E-state index in [-0.39, 0.29) is 35.9 Å². The van der Waals surface area contributed by atoms with Gasteiger partial charge in [0.05, 0.1) is 30.7 Å². The first-order valence-electron chi connectivity index (χ1n) is 15.5. The van der Waals surface area contributed by atoms with E-state index in [1.165, 1.54) is 25.0 Å². The van der Waals surface area contributed by atoms with E-state index in [2.05, 4.69) is 15.3 Å². The highest BCUT2D eigenvalue weighted by Gasteiger charge is 2.50.